The van der Waals surface area contributed by atoms with Gasteiger partial charge in [-0.2, -0.15) is 0 Å². The summed E-state index contributed by atoms with van der Waals surface area (Å²) in [6.45, 7) is 7.65. The number of hydrogen-bond donors (Lipinski definition) is 0. The molecule has 0 aliphatic rings. The minimum atomic E-state index is -0.806. The fraction of sp³-hybridized carbons (Fsp3) is 0.227. The summed E-state index contributed by atoms with van der Waals surface area (Å²) < 4.78 is 35.3. The standard InChI is InChI=1S/C20H16BrF2NO2.C2H6/c1-12-13(2)24(18-15(22)9-6-10-16(18)23)20(25)17(21)19(12)26-11-14-7-4-3-5-8-14;1-2/h3-10H,11H2,1-2H3;1-2H3. The molecule has 0 atom stereocenters. The van der Waals surface area contributed by atoms with E-state index in [1.165, 1.54) is 6.07 Å². The van der Waals surface area contributed by atoms with Crippen molar-refractivity contribution in [3.63, 3.8) is 0 Å². The average molecular weight is 450 g/mol. The van der Waals surface area contributed by atoms with Gasteiger partial charge in [0.2, 0.25) is 0 Å². The van der Waals surface area contributed by atoms with Crippen molar-refractivity contribution in [2.75, 3.05) is 0 Å². The van der Waals surface area contributed by atoms with E-state index in [4.69, 9.17) is 4.74 Å². The molecule has 28 heavy (non-hydrogen) atoms. The van der Waals surface area contributed by atoms with E-state index in [0.717, 1.165) is 22.3 Å². The number of para-hydroxylation sites is 1. The monoisotopic (exact) mass is 449 g/mol. The summed E-state index contributed by atoms with van der Waals surface area (Å²) in [5.74, 6) is -1.25. The first-order valence-corrected chi connectivity index (χ1v) is 9.74. The Kier molecular flexibility index (Phi) is 7.52. The molecule has 0 amide bonds. The number of nitrogens with zero attached hydrogens (tertiary/aromatic N) is 1. The molecule has 0 fully saturated rings. The minimum Gasteiger partial charge on any atom is -0.487 e. The number of pyridine rings is 1. The second kappa shape index (κ2) is 9.64. The maximum atomic E-state index is 14.2. The van der Waals surface area contributed by atoms with Crippen LogP contribution in [0.1, 0.15) is 30.7 Å². The third-order valence-corrected chi connectivity index (χ3v) is 4.90. The Morgan fingerprint density at radius 1 is 0.964 bits per heavy atom. The summed E-state index contributed by atoms with van der Waals surface area (Å²) in [4.78, 5) is 12.8. The minimum absolute atomic E-state index is 0.124. The van der Waals surface area contributed by atoms with Gasteiger partial charge in [-0.05, 0) is 47.5 Å². The van der Waals surface area contributed by atoms with Gasteiger partial charge < -0.3 is 4.74 Å². The van der Waals surface area contributed by atoms with Gasteiger partial charge in [0.15, 0.2) is 0 Å². The predicted molar refractivity (Wildman–Crippen MR) is 111 cm³/mol. The van der Waals surface area contributed by atoms with Crippen molar-refractivity contribution >= 4 is 15.9 Å². The quantitative estimate of drug-likeness (QED) is 0.481. The Labute approximate surface area is 171 Å². The van der Waals surface area contributed by atoms with Gasteiger partial charge in [0, 0.05) is 11.3 Å². The fourth-order valence-corrected chi connectivity index (χ4v) is 3.31. The van der Waals surface area contributed by atoms with Crippen LogP contribution in [0.15, 0.2) is 57.8 Å². The number of rotatable bonds is 4. The molecule has 0 bridgehead atoms. The lowest BCUT2D eigenvalue weighted by Crippen LogP contribution is -2.25. The first-order valence-electron chi connectivity index (χ1n) is 8.94. The van der Waals surface area contributed by atoms with E-state index in [1.807, 2.05) is 44.2 Å². The molecule has 0 saturated carbocycles. The topological polar surface area (TPSA) is 31.2 Å². The summed E-state index contributed by atoms with van der Waals surface area (Å²) in [5.41, 5.74) is 0.995. The van der Waals surface area contributed by atoms with E-state index >= 15 is 0 Å². The van der Waals surface area contributed by atoms with E-state index in [2.05, 4.69) is 15.9 Å². The van der Waals surface area contributed by atoms with Crippen LogP contribution in [0.4, 0.5) is 8.78 Å². The maximum absolute atomic E-state index is 14.2. The van der Waals surface area contributed by atoms with Crippen LogP contribution in [0.25, 0.3) is 5.69 Å². The van der Waals surface area contributed by atoms with Crippen molar-refractivity contribution in [2.45, 2.75) is 34.3 Å². The Balaban J connectivity index is 0.00000136. The second-order valence-corrected chi connectivity index (χ2v) is 6.63. The van der Waals surface area contributed by atoms with Crippen molar-refractivity contribution < 1.29 is 13.5 Å². The summed E-state index contributed by atoms with van der Waals surface area (Å²) in [6, 6.07) is 13.0. The fourth-order valence-electron chi connectivity index (χ4n) is 2.72. The molecule has 0 N–H and O–H groups in total. The molecule has 1 heterocycles. The van der Waals surface area contributed by atoms with Gasteiger partial charge in [-0.1, -0.05) is 50.2 Å². The summed E-state index contributed by atoms with van der Waals surface area (Å²) in [6.07, 6.45) is 0. The third kappa shape index (κ3) is 4.33. The van der Waals surface area contributed by atoms with E-state index in [1.54, 1.807) is 13.8 Å². The number of aromatic nitrogens is 1. The number of halogens is 3. The summed E-state index contributed by atoms with van der Waals surface area (Å²) >= 11 is 3.23. The van der Waals surface area contributed by atoms with Gasteiger partial charge in [-0.15, -0.1) is 0 Å². The Hall–Kier alpha value is -2.47. The zero-order valence-corrected chi connectivity index (χ0v) is 17.8. The number of benzene rings is 2. The Morgan fingerprint density at radius 3 is 2.11 bits per heavy atom. The highest BCUT2D eigenvalue weighted by molar-refractivity contribution is 9.10. The van der Waals surface area contributed by atoms with Crippen molar-refractivity contribution in [1.29, 1.82) is 0 Å². The molecular weight excluding hydrogens is 428 g/mol. The molecule has 3 nitrogen and oxygen atoms in total. The van der Waals surface area contributed by atoms with Crippen LogP contribution >= 0.6 is 15.9 Å². The molecule has 0 aliphatic carbocycles. The Morgan fingerprint density at radius 2 is 1.54 bits per heavy atom. The molecule has 2 aromatic carbocycles. The lowest BCUT2D eigenvalue weighted by Gasteiger charge is -2.19. The number of hydrogen-bond acceptors (Lipinski definition) is 2. The zero-order valence-electron chi connectivity index (χ0n) is 16.2. The van der Waals surface area contributed by atoms with Crippen LogP contribution in [-0.2, 0) is 6.61 Å². The van der Waals surface area contributed by atoms with Gasteiger partial charge >= 0.3 is 0 Å². The molecule has 0 spiro atoms. The first kappa shape index (κ1) is 21.8. The molecule has 0 saturated heterocycles. The Bertz CT molecular complexity index is 997. The van der Waals surface area contributed by atoms with Gasteiger partial charge in [-0.25, -0.2) is 8.78 Å². The van der Waals surface area contributed by atoms with E-state index < -0.39 is 22.9 Å². The normalized spacial score (nSPS) is 10.2. The predicted octanol–water partition coefficient (Wildman–Crippen LogP) is 6.10. The summed E-state index contributed by atoms with van der Waals surface area (Å²) in [5, 5.41) is 0. The van der Waals surface area contributed by atoms with Crippen molar-refractivity contribution in [3.8, 4) is 11.4 Å². The molecule has 148 valence electrons. The van der Waals surface area contributed by atoms with Gasteiger partial charge in [0.1, 0.15) is 34.2 Å². The molecule has 1 aromatic heterocycles. The SMILES string of the molecule is CC.Cc1c(OCc2ccccc2)c(Br)c(=O)n(-c2c(F)cccc2F)c1C. The van der Waals surface area contributed by atoms with Crippen LogP contribution in [0.2, 0.25) is 0 Å². The lowest BCUT2D eigenvalue weighted by atomic mass is 10.1. The van der Waals surface area contributed by atoms with Crippen molar-refractivity contribution in [2.24, 2.45) is 0 Å². The van der Waals surface area contributed by atoms with E-state index in [-0.39, 0.29) is 11.1 Å². The van der Waals surface area contributed by atoms with Crippen LogP contribution in [0.3, 0.4) is 0 Å². The van der Waals surface area contributed by atoms with E-state index in [0.29, 0.717) is 17.0 Å². The van der Waals surface area contributed by atoms with Crippen LogP contribution < -0.4 is 10.3 Å². The largest absolute Gasteiger partial charge is 0.487 e. The smallest absolute Gasteiger partial charge is 0.273 e. The van der Waals surface area contributed by atoms with Crippen LogP contribution in [0, 0.1) is 25.5 Å². The molecule has 3 aromatic rings. The molecule has 0 unspecified atom stereocenters. The van der Waals surface area contributed by atoms with Crippen molar-refractivity contribution in [3.05, 3.63) is 91.8 Å². The first-order chi connectivity index (χ1) is 13.4. The molecular formula is C22H22BrF2NO2. The van der Waals surface area contributed by atoms with Crippen LogP contribution in [0.5, 0.6) is 5.75 Å². The van der Waals surface area contributed by atoms with E-state index in [9.17, 15) is 13.6 Å². The number of ether oxygens (including phenoxy) is 1. The molecule has 0 radical (unpaired) electrons. The van der Waals surface area contributed by atoms with Gasteiger partial charge in [0.25, 0.3) is 5.56 Å². The van der Waals surface area contributed by atoms with Gasteiger partial charge in [0.05, 0.1) is 0 Å². The summed E-state index contributed by atoms with van der Waals surface area (Å²) in [7, 11) is 0. The lowest BCUT2D eigenvalue weighted by molar-refractivity contribution is 0.300. The highest BCUT2D eigenvalue weighted by atomic mass is 79.9. The molecule has 3 rings (SSSR count). The van der Waals surface area contributed by atoms with Gasteiger partial charge in [-0.3, -0.25) is 9.36 Å². The highest BCUT2D eigenvalue weighted by Gasteiger charge is 2.21. The highest BCUT2D eigenvalue weighted by Crippen LogP contribution is 2.31. The second-order valence-electron chi connectivity index (χ2n) is 5.84. The average Bonchev–Trinajstić information content (AvgIpc) is 2.71. The maximum Gasteiger partial charge on any atom is 0.273 e. The molecule has 6 heteroatoms. The third-order valence-electron chi connectivity index (χ3n) is 4.20. The van der Waals surface area contributed by atoms with Crippen LogP contribution in [-0.4, -0.2) is 4.57 Å². The zero-order chi connectivity index (χ0) is 20.8. The molecule has 0 aliphatic heterocycles. The van der Waals surface area contributed by atoms with Crippen molar-refractivity contribution in [1.82, 2.24) is 4.57 Å².